The molecular weight excluding hydrogens is 381 g/mol. The number of hydrogen-bond donors (Lipinski definition) is 0. The first kappa shape index (κ1) is 20.8. The number of allylic oxidation sites excluding steroid dienone is 1. The summed E-state index contributed by atoms with van der Waals surface area (Å²) in [5.41, 5.74) is 2.08. The Morgan fingerprint density at radius 1 is 1.03 bits per heavy atom. The predicted molar refractivity (Wildman–Crippen MR) is 113 cm³/mol. The van der Waals surface area contributed by atoms with Crippen LogP contribution in [0.1, 0.15) is 23.1 Å². The van der Waals surface area contributed by atoms with Crippen molar-refractivity contribution in [3.05, 3.63) is 95.3 Å². The molecule has 0 fully saturated rings. The molecule has 0 aliphatic heterocycles. The molecule has 0 saturated heterocycles. The second kappa shape index (κ2) is 10.0. The maximum absolute atomic E-state index is 14.0. The molecular formula is C25H20FNO3. The molecule has 0 heterocycles. The maximum Gasteiger partial charge on any atom is 0.311 e. The molecule has 3 rings (SSSR count). The van der Waals surface area contributed by atoms with Crippen LogP contribution in [0.25, 0.3) is 11.6 Å². The standard InChI is InChI=1S/C25H20FNO3/c1-29-24-16-19(15-20(17-27)21-9-5-6-10-22(21)26)11-13-23(24)30-25(28)14-12-18-7-3-2-4-8-18/h2-11,13,15-16H,12,14H2,1H3/b20-15-. The Balaban J connectivity index is 1.75. The minimum atomic E-state index is -0.471. The van der Waals surface area contributed by atoms with E-state index in [0.717, 1.165) is 5.56 Å². The molecule has 30 heavy (non-hydrogen) atoms. The van der Waals surface area contributed by atoms with Crippen molar-refractivity contribution in [3.63, 3.8) is 0 Å². The number of nitrogens with zero attached hydrogens (tertiary/aromatic N) is 1. The molecule has 0 atom stereocenters. The summed E-state index contributed by atoms with van der Waals surface area (Å²) < 4.78 is 24.8. The fraction of sp³-hybridized carbons (Fsp3) is 0.120. The molecule has 150 valence electrons. The highest BCUT2D eigenvalue weighted by atomic mass is 19.1. The van der Waals surface area contributed by atoms with Gasteiger partial charge < -0.3 is 9.47 Å². The fourth-order valence-corrected chi connectivity index (χ4v) is 2.94. The van der Waals surface area contributed by atoms with Crippen LogP contribution in [0.15, 0.2) is 72.8 Å². The first-order valence-electron chi connectivity index (χ1n) is 9.40. The summed E-state index contributed by atoms with van der Waals surface area (Å²) in [5, 5.41) is 9.43. The van der Waals surface area contributed by atoms with E-state index < -0.39 is 5.82 Å². The summed E-state index contributed by atoms with van der Waals surface area (Å²) in [6.45, 7) is 0. The van der Waals surface area contributed by atoms with Crippen LogP contribution >= 0.6 is 0 Å². The molecule has 0 aromatic heterocycles. The van der Waals surface area contributed by atoms with Crippen molar-refractivity contribution >= 4 is 17.6 Å². The lowest BCUT2D eigenvalue weighted by atomic mass is 10.0. The van der Waals surface area contributed by atoms with Gasteiger partial charge in [0.25, 0.3) is 0 Å². The summed E-state index contributed by atoms with van der Waals surface area (Å²) in [6.07, 6.45) is 2.37. The fourth-order valence-electron chi connectivity index (χ4n) is 2.94. The van der Waals surface area contributed by atoms with Gasteiger partial charge >= 0.3 is 5.97 Å². The number of nitriles is 1. The van der Waals surface area contributed by atoms with Crippen molar-refractivity contribution in [2.24, 2.45) is 0 Å². The smallest absolute Gasteiger partial charge is 0.311 e. The summed E-state index contributed by atoms with van der Waals surface area (Å²) in [4.78, 5) is 12.2. The number of halogens is 1. The average Bonchev–Trinajstić information content (AvgIpc) is 2.78. The molecule has 0 amide bonds. The van der Waals surface area contributed by atoms with E-state index in [1.807, 2.05) is 36.4 Å². The largest absolute Gasteiger partial charge is 0.493 e. The van der Waals surface area contributed by atoms with Crippen LogP contribution in [-0.4, -0.2) is 13.1 Å². The van der Waals surface area contributed by atoms with Gasteiger partial charge in [-0.15, -0.1) is 0 Å². The lowest BCUT2D eigenvalue weighted by molar-refractivity contribution is -0.134. The van der Waals surface area contributed by atoms with E-state index in [-0.39, 0.29) is 29.3 Å². The quantitative estimate of drug-likeness (QED) is 0.229. The van der Waals surface area contributed by atoms with Gasteiger partial charge in [-0.2, -0.15) is 5.26 Å². The number of ether oxygens (including phenoxy) is 2. The van der Waals surface area contributed by atoms with E-state index >= 15 is 0 Å². The minimum absolute atomic E-state index is 0.183. The zero-order valence-electron chi connectivity index (χ0n) is 16.5. The van der Waals surface area contributed by atoms with Crippen molar-refractivity contribution < 1.29 is 18.7 Å². The molecule has 4 nitrogen and oxygen atoms in total. The van der Waals surface area contributed by atoms with Gasteiger partial charge in [0.2, 0.25) is 0 Å². The molecule has 0 aliphatic carbocycles. The molecule has 0 aliphatic rings. The molecule has 0 unspecified atom stereocenters. The molecule has 0 N–H and O–H groups in total. The zero-order valence-corrected chi connectivity index (χ0v) is 16.5. The number of aryl methyl sites for hydroxylation is 1. The van der Waals surface area contributed by atoms with Gasteiger partial charge in [0.1, 0.15) is 5.82 Å². The van der Waals surface area contributed by atoms with Gasteiger partial charge in [0.05, 0.1) is 18.8 Å². The van der Waals surface area contributed by atoms with Crippen molar-refractivity contribution in [2.75, 3.05) is 7.11 Å². The third-order valence-corrected chi connectivity index (χ3v) is 4.47. The molecule has 0 saturated carbocycles. The van der Waals surface area contributed by atoms with Crippen LogP contribution in [0.5, 0.6) is 11.5 Å². The van der Waals surface area contributed by atoms with Crippen LogP contribution in [0.3, 0.4) is 0 Å². The second-order valence-corrected chi connectivity index (χ2v) is 6.52. The summed E-state index contributed by atoms with van der Waals surface area (Å²) >= 11 is 0. The minimum Gasteiger partial charge on any atom is -0.493 e. The van der Waals surface area contributed by atoms with Crippen LogP contribution < -0.4 is 9.47 Å². The molecule has 0 bridgehead atoms. The Labute approximate surface area is 174 Å². The lowest BCUT2D eigenvalue weighted by Crippen LogP contribution is -2.09. The van der Waals surface area contributed by atoms with E-state index in [4.69, 9.17) is 9.47 Å². The van der Waals surface area contributed by atoms with Gasteiger partial charge in [0.15, 0.2) is 11.5 Å². The highest BCUT2D eigenvalue weighted by Crippen LogP contribution is 2.30. The predicted octanol–water partition coefficient (Wildman–Crippen LogP) is 5.44. The number of carbonyl (C=O) groups excluding carboxylic acids is 1. The lowest BCUT2D eigenvalue weighted by Gasteiger charge is -2.10. The third kappa shape index (κ3) is 5.33. The normalized spacial score (nSPS) is 10.9. The highest BCUT2D eigenvalue weighted by Gasteiger charge is 2.12. The number of hydrogen-bond acceptors (Lipinski definition) is 4. The maximum atomic E-state index is 14.0. The molecule has 0 spiro atoms. The Hall–Kier alpha value is -3.91. The first-order chi connectivity index (χ1) is 14.6. The monoisotopic (exact) mass is 401 g/mol. The second-order valence-electron chi connectivity index (χ2n) is 6.52. The summed E-state index contributed by atoms with van der Waals surface area (Å²) in [5.74, 6) is -0.203. The van der Waals surface area contributed by atoms with Gasteiger partial charge in [-0.25, -0.2) is 4.39 Å². The Kier molecular flexibility index (Phi) is 6.96. The van der Waals surface area contributed by atoms with Crippen molar-refractivity contribution in [3.8, 4) is 17.6 Å². The summed E-state index contributed by atoms with van der Waals surface area (Å²) in [6, 6.07) is 22.7. The average molecular weight is 401 g/mol. The van der Waals surface area contributed by atoms with E-state index in [2.05, 4.69) is 0 Å². The van der Waals surface area contributed by atoms with Crippen molar-refractivity contribution in [1.29, 1.82) is 5.26 Å². The van der Waals surface area contributed by atoms with Crippen LogP contribution in [0, 0.1) is 17.1 Å². The van der Waals surface area contributed by atoms with E-state index in [9.17, 15) is 14.4 Å². The zero-order chi connectivity index (χ0) is 21.3. The third-order valence-electron chi connectivity index (χ3n) is 4.47. The Morgan fingerprint density at radius 2 is 1.77 bits per heavy atom. The number of rotatable bonds is 7. The van der Waals surface area contributed by atoms with Crippen LogP contribution in [0.2, 0.25) is 0 Å². The van der Waals surface area contributed by atoms with Gasteiger partial charge in [-0.1, -0.05) is 54.6 Å². The van der Waals surface area contributed by atoms with Crippen LogP contribution in [-0.2, 0) is 11.2 Å². The SMILES string of the molecule is COc1cc(/C=C(/C#N)c2ccccc2F)ccc1OC(=O)CCc1ccccc1. The highest BCUT2D eigenvalue weighted by molar-refractivity contribution is 5.90. The molecule has 0 radical (unpaired) electrons. The molecule has 3 aromatic carbocycles. The molecule has 5 heteroatoms. The van der Waals surface area contributed by atoms with Gasteiger partial charge in [0, 0.05) is 12.0 Å². The van der Waals surface area contributed by atoms with E-state index in [1.165, 1.54) is 13.2 Å². The van der Waals surface area contributed by atoms with Gasteiger partial charge in [-0.05, 0) is 41.8 Å². The first-order valence-corrected chi connectivity index (χ1v) is 9.40. The van der Waals surface area contributed by atoms with Crippen LogP contribution in [0.4, 0.5) is 4.39 Å². The van der Waals surface area contributed by atoms with E-state index in [1.54, 1.807) is 42.5 Å². The molecule has 3 aromatic rings. The number of benzene rings is 3. The van der Waals surface area contributed by atoms with E-state index in [0.29, 0.717) is 17.7 Å². The van der Waals surface area contributed by atoms with Crippen molar-refractivity contribution in [2.45, 2.75) is 12.8 Å². The number of esters is 1. The summed E-state index contributed by atoms with van der Waals surface area (Å²) in [7, 11) is 1.46. The number of carbonyl (C=O) groups is 1. The topological polar surface area (TPSA) is 59.3 Å². The Morgan fingerprint density at radius 3 is 2.47 bits per heavy atom. The van der Waals surface area contributed by atoms with Crippen molar-refractivity contribution in [1.82, 2.24) is 0 Å². The Bertz CT molecular complexity index is 1100. The number of methoxy groups -OCH3 is 1. The van der Waals surface area contributed by atoms with Gasteiger partial charge in [-0.3, -0.25) is 4.79 Å².